The number of β-amino-alcohol motifs (C(OH)–C–C–N with tert-alkyl or cyclic N) is 1. The van der Waals surface area contributed by atoms with Gasteiger partial charge < -0.3 is 20.1 Å². The number of rotatable bonds is 2. The maximum atomic E-state index is 13.6. The Bertz CT molecular complexity index is 1780. The van der Waals surface area contributed by atoms with E-state index in [0.29, 0.717) is 49.9 Å². The number of benzene rings is 2. The smallest absolute Gasteiger partial charge is 0.264 e. The highest BCUT2D eigenvalue weighted by atomic mass is 35.5. The first-order valence-electron chi connectivity index (χ1n) is 19.7. The van der Waals surface area contributed by atoms with Crippen LogP contribution in [0.4, 0.5) is 5.69 Å². The van der Waals surface area contributed by atoms with Crippen molar-refractivity contribution in [3.63, 3.8) is 0 Å². The van der Waals surface area contributed by atoms with Crippen LogP contribution >= 0.6 is 11.6 Å². The molecule has 1 amide bonds. The highest BCUT2D eigenvalue weighted by molar-refractivity contribution is 7.90. The monoisotopic (exact) mass is 753 g/mol. The number of anilines is 1. The summed E-state index contributed by atoms with van der Waals surface area (Å²) in [6.07, 6.45) is 6.98. The molecule has 2 aromatic carbocycles. The van der Waals surface area contributed by atoms with Crippen LogP contribution in [0.25, 0.3) is 0 Å². The summed E-state index contributed by atoms with van der Waals surface area (Å²) < 4.78 is 36.2. The molecule has 8 rings (SSSR count). The van der Waals surface area contributed by atoms with Gasteiger partial charge in [0.2, 0.25) is 10.0 Å². The molecular formula is C40H56ClN5O5S. The summed E-state index contributed by atoms with van der Waals surface area (Å²) in [4.78, 5) is 21.1. The third-order valence-corrected chi connectivity index (χ3v) is 15.9. The molecular weight excluding hydrogens is 698 g/mol. The van der Waals surface area contributed by atoms with E-state index in [2.05, 4.69) is 36.9 Å². The van der Waals surface area contributed by atoms with Gasteiger partial charge in [0, 0.05) is 80.9 Å². The van der Waals surface area contributed by atoms with Crippen molar-refractivity contribution in [3.8, 4) is 5.75 Å². The minimum Gasteiger partial charge on any atom is -0.490 e. The number of piperazine rings is 2. The second-order valence-electron chi connectivity index (χ2n) is 17.0. The first-order valence-corrected chi connectivity index (χ1v) is 21.6. The average molecular weight is 754 g/mol. The van der Waals surface area contributed by atoms with Crippen molar-refractivity contribution in [2.24, 2.45) is 17.8 Å². The molecule has 1 spiro atoms. The zero-order valence-corrected chi connectivity index (χ0v) is 32.4. The van der Waals surface area contributed by atoms with E-state index in [-0.39, 0.29) is 23.2 Å². The highest BCUT2D eigenvalue weighted by Crippen LogP contribution is 2.49. The first-order chi connectivity index (χ1) is 24.9. The number of fused-ring (bicyclic) bond motifs is 5. The zero-order valence-electron chi connectivity index (χ0n) is 30.8. The average Bonchev–Trinajstić information content (AvgIpc) is 3.25. The van der Waals surface area contributed by atoms with Gasteiger partial charge in [-0.1, -0.05) is 31.0 Å². The van der Waals surface area contributed by atoms with Crippen LogP contribution in [-0.4, -0.2) is 112 Å². The fourth-order valence-electron chi connectivity index (χ4n) is 10.4. The lowest BCUT2D eigenvalue weighted by atomic mass is 9.62. The van der Waals surface area contributed by atoms with Gasteiger partial charge in [0.15, 0.2) is 0 Å². The fourth-order valence-corrected chi connectivity index (χ4v) is 11.9. The van der Waals surface area contributed by atoms with Crippen LogP contribution in [0.1, 0.15) is 80.3 Å². The SMILES string of the molecule is C[C@@H]1[C@@H](C)CCC[C@](O)(CN2CCN3CCNC[C@@H]3C2)[C@@H]2CC[C@H]2CN2C[C@@]3(CCCc4cc(Cl)ccc43)COc3ccc(cc32)C(=O)NS1(=O)=O. The van der Waals surface area contributed by atoms with E-state index in [1.54, 1.807) is 13.0 Å². The minimum atomic E-state index is -3.94. The van der Waals surface area contributed by atoms with Gasteiger partial charge in [-0.3, -0.25) is 14.6 Å². The molecule has 3 N–H and O–H groups in total. The van der Waals surface area contributed by atoms with Crippen molar-refractivity contribution in [1.29, 1.82) is 0 Å². The Morgan fingerprint density at radius 1 is 1.02 bits per heavy atom. The third-order valence-electron chi connectivity index (χ3n) is 13.8. The van der Waals surface area contributed by atoms with Gasteiger partial charge in [0.1, 0.15) is 5.75 Å². The lowest BCUT2D eigenvalue weighted by molar-refractivity contribution is -0.113. The quantitative estimate of drug-likeness (QED) is 0.410. The number of nitrogens with one attached hydrogen (secondary N) is 2. The Balaban J connectivity index is 1.16. The number of halogens is 1. The van der Waals surface area contributed by atoms with Crippen LogP contribution in [0.15, 0.2) is 36.4 Å². The van der Waals surface area contributed by atoms with Gasteiger partial charge in [-0.05, 0) is 111 Å². The number of carbonyl (C=O) groups is 1. The molecule has 4 aliphatic heterocycles. The largest absolute Gasteiger partial charge is 0.490 e. The van der Waals surface area contributed by atoms with Crippen molar-refractivity contribution in [2.45, 2.75) is 87.5 Å². The first kappa shape index (κ1) is 36.6. The van der Waals surface area contributed by atoms with Gasteiger partial charge in [-0.15, -0.1) is 0 Å². The second-order valence-corrected chi connectivity index (χ2v) is 19.5. The molecule has 0 radical (unpaired) electrons. The summed E-state index contributed by atoms with van der Waals surface area (Å²) in [5.74, 6) is 0.282. The molecule has 0 aromatic heterocycles. The lowest BCUT2D eigenvalue weighted by Gasteiger charge is -2.53. The van der Waals surface area contributed by atoms with Crippen molar-refractivity contribution < 1.29 is 23.1 Å². The van der Waals surface area contributed by atoms with E-state index in [9.17, 15) is 18.3 Å². The number of hydrogen-bond acceptors (Lipinski definition) is 9. The van der Waals surface area contributed by atoms with Gasteiger partial charge in [-0.2, -0.15) is 0 Å². The van der Waals surface area contributed by atoms with E-state index in [0.717, 1.165) is 95.0 Å². The van der Waals surface area contributed by atoms with Gasteiger partial charge in [0.25, 0.3) is 5.91 Å². The molecule has 1 saturated carbocycles. The van der Waals surface area contributed by atoms with Gasteiger partial charge in [0.05, 0.1) is 23.1 Å². The van der Waals surface area contributed by atoms with Crippen molar-refractivity contribution in [2.75, 3.05) is 70.4 Å². The Morgan fingerprint density at radius 2 is 1.88 bits per heavy atom. The standard InChI is InChI=1S/C40H56ClN5O5S/c1-27-5-3-14-40(48,25-44-17-18-45-16-15-42-21-33(45)23-44)35-10-7-31(35)22-46-24-39(13-4-6-29-19-32(41)9-11-34(29)39)26-51-37-12-8-30(20-36(37)46)38(47)43-52(49,50)28(27)2/h8-9,11-12,19-20,27-28,31,33,35,42,48H,3-7,10,13-18,21-26H2,1-2H3,(H,43,47)/t27-,28+,31-,33+,35+,39-,40-/m0/s1. The fraction of sp³-hybridized carbons (Fsp3) is 0.675. The van der Waals surface area contributed by atoms with Gasteiger partial charge in [-0.25, -0.2) is 13.1 Å². The molecule has 0 unspecified atom stereocenters. The minimum absolute atomic E-state index is 0.117. The predicted octanol–water partition coefficient (Wildman–Crippen LogP) is 4.43. The maximum Gasteiger partial charge on any atom is 0.264 e. The molecule has 2 aliphatic carbocycles. The molecule has 6 aliphatic rings. The molecule has 2 bridgehead atoms. The Kier molecular flexibility index (Phi) is 10.1. The number of sulfonamides is 1. The molecule has 2 aromatic rings. The number of ether oxygens (including phenoxy) is 1. The van der Waals surface area contributed by atoms with Crippen LogP contribution in [0, 0.1) is 17.8 Å². The molecule has 52 heavy (non-hydrogen) atoms. The summed E-state index contributed by atoms with van der Waals surface area (Å²) in [6, 6.07) is 12.0. The molecule has 12 heteroatoms. The van der Waals surface area contributed by atoms with Crippen LogP contribution in [0.2, 0.25) is 5.02 Å². The lowest BCUT2D eigenvalue weighted by Crippen LogP contribution is -2.64. The van der Waals surface area contributed by atoms with E-state index < -0.39 is 26.8 Å². The number of nitrogens with zero attached hydrogens (tertiary/aromatic N) is 3. The molecule has 284 valence electrons. The molecule has 7 atom stereocenters. The summed E-state index contributed by atoms with van der Waals surface area (Å²) in [6.45, 7) is 12.2. The molecule has 4 heterocycles. The maximum absolute atomic E-state index is 13.6. The summed E-state index contributed by atoms with van der Waals surface area (Å²) >= 11 is 6.49. The highest BCUT2D eigenvalue weighted by Gasteiger charge is 2.50. The van der Waals surface area contributed by atoms with Crippen molar-refractivity contribution in [3.05, 3.63) is 58.1 Å². The van der Waals surface area contributed by atoms with Crippen LogP contribution in [0.3, 0.4) is 0 Å². The van der Waals surface area contributed by atoms with E-state index in [1.165, 1.54) is 11.1 Å². The number of aliphatic hydroxyl groups is 1. The zero-order chi connectivity index (χ0) is 36.3. The summed E-state index contributed by atoms with van der Waals surface area (Å²) in [5, 5.41) is 16.5. The van der Waals surface area contributed by atoms with Crippen LogP contribution in [0.5, 0.6) is 5.75 Å². The molecule has 2 saturated heterocycles. The van der Waals surface area contributed by atoms with Crippen molar-refractivity contribution >= 4 is 33.2 Å². The molecule has 3 fully saturated rings. The number of aryl methyl sites for hydroxylation is 1. The topological polar surface area (TPSA) is 114 Å². The summed E-state index contributed by atoms with van der Waals surface area (Å²) in [7, 11) is -3.94. The Morgan fingerprint density at radius 3 is 2.71 bits per heavy atom. The molecule has 10 nitrogen and oxygen atoms in total. The normalized spacial score (nSPS) is 35.6. The third kappa shape index (κ3) is 6.99. The predicted molar refractivity (Wildman–Crippen MR) is 205 cm³/mol. The van der Waals surface area contributed by atoms with Crippen molar-refractivity contribution in [1.82, 2.24) is 19.8 Å². The summed E-state index contributed by atoms with van der Waals surface area (Å²) in [5.41, 5.74) is 2.48. The number of carbonyl (C=O) groups excluding carboxylic acids is 1. The Labute approximate surface area is 314 Å². The van der Waals surface area contributed by atoms with E-state index in [4.69, 9.17) is 16.3 Å². The van der Waals surface area contributed by atoms with Gasteiger partial charge >= 0.3 is 0 Å². The Hall–Kier alpha value is -2.41. The second kappa shape index (κ2) is 14.3. The van der Waals surface area contributed by atoms with Crippen LogP contribution < -0.4 is 19.7 Å². The number of amides is 1. The van der Waals surface area contributed by atoms with E-state index in [1.807, 2.05) is 25.1 Å². The van der Waals surface area contributed by atoms with E-state index >= 15 is 0 Å². The van der Waals surface area contributed by atoms with Crippen LogP contribution in [-0.2, 0) is 21.9 Å². The number of hydrogen-bond donors (Lipinski definition) is 3.